The quantitative estimate of drug-likeness (QED) is 0.786. The largest absolute Gasteiger partial charge is 0.326 e. The molecule has 0 aliphatic rings. The van der Waals surface area contributed by atoms with E-state index in [2.05, 4.69) is 10.3 Å². The minimum Gasteiger partial charge on any atom is -0.326 e. The van der Waals surface area contributed by atoms with Crippen LogP contribution in [0.4, 0.5) is 5.69 Å². The number of anilines is 1. The van der Waals surface area contributed by atoms with Crippen molar-refractivity contribution >= 4 is 22.5 Å². The third-order valence-electron chi connectivity index (χ3n) is 3.98. The maximum atomic E-state index is 12.4. The number of hydrogen-bond acceptors (Lipinski definition) is 3. The van der Waals surface area contributed by atoms with Crippen molar-refractivity contribution in [1.82, 2.24) is 9.55 Å². The first kappa shape index (κ1) is 15.9. The average Bonchev–Trinajstić information content (AvgIpc) is 2.62. The van der Waals surface area contributed by atoms with Gasteiger partial charge in [-0.1, -0.05) is 37.3 Å². The number of nitrogens with one attached hydrogen (secondary N) is 1. The van der Waals surface area contributed by atoms with Crippen molar-refractivity contribution in [2.24, 2.45) is 0 Å². The topological polar surface area (TPSA) is 64.0 Å². The summed E-state index contributed by atoms with van der Waals surface area (Å²) in [5.74, 6) is -0.115. The third-order valence-corrected chi connectivity index (χ3v) is 3.98. The summed E-state index contributed by atoms with van der Waals surface area (Å²) in [6.45, 7) is 2.35. The molecular weight excluding hydrogens is 302 g/mol. The molecule has 0 aliphatic heterocycles. The minimum absolute atomic E-state index is 0.115. The van der Waals surface area contributed by atoms with E-state index in [0.717, 1.165) is 17.7 Å². The van der Waals surface area contributed by atoms with Gasteiger partial charge in [0, 0.05) is 18.7 Å². The highest BCUT2D eigenvalue weighted by Crippen LogP contribution is 2.15. The Kier molecular flexibility index (Phi) is 4.70. The molecule has 3 rings (SSSR count). The van der Waals surface area contributed by atoms with E-state index < -0.39 is 0 Å². The first-order valence-corrected chi connectivity index (χ1v) is 8.01. The number of aryl methyl sites for hydroxylation is 2. The Morgan fingerprint density at radius 3 is 2.71 bits per heavy atom. The van der Waals surface area contributed by atoms with Crippen molar-refractivity contribution in [1.29, 1.82) is 0 Å². The smallest absolute Gasteiger partial charge is 0.261 e. The van der Waals surface area contributed by atoms with E-state index in [4.69, 9.17) is 0 Å². The Balaban J connectivity index is 1.71. The summed E-state index contributed by atoms with van der Waals surface area (Å²) in [5.41, 5.74) is 2.46. The third kappa shape index (κ3) is 3.35. The van der Waals surface area contributed by atoms with E-state index in [1.807, 2.05) is 43.3 Å². The maximum absolute atomic E-state index is 12.4. The van der Waals surface area contributed by atoms with Crippen molar-refractivity contribution in [3.63, 3.8) is 0 Å². The number of carbonyl (C=O) groups excluding carboxylic acids is 1. The highest BCUT2D eigenvalue weighted by molar-refractivity contribution is 5.91. The van der Waals surface area contributed by atoms with Crippen LogP contribution in [0.15, 0.2) is 59.7 Å². The summed E-state index contributed by atoms with van der Waals surface area (Å²) < 4.78 is 1.48. The monoisotopic (exact) mass is 321 g/mol. The summed E-state index contributed by atoms with van der Waals surface area (Å²) in [6, 6.07) is 14.9. The number of aromatic nitrogens is 2. The number of benzene rings is 2. The van der Waals surface area contributed by atoms with Crippen LogP contribution in [0.5, 0.6) is 0 Å². The summed E-state index contributed by atoms with van der Waals surface area (Å²) in [4.78, 5) is 28.8. The van der Waals surface area contributed by atoms with E-state index in [0.29, 0.717) is 17.4 Å². The van der Waals surface area contributed by atoms with Crippen LogP contribution in [0.2, 0.25) is 0 Å². The van der Waals surface area contributed by atoms with Crippen molar-refractivity contribution in [2.75, 3.05) is 5.32 Å². The molecule has 0 radical (unpaired) electrons. The number of para-hydroxylation sites is 2. The molecule has 1 N–H and O–H groups in total. The van der Waals surface area contributed by atoms with Crippen molar-refractivity contribution in [2.45, 2.75) is 26.3 Å². The van der Waals surface area contributed by atoms with Gasteiger partial charge in [-0.05, 0) is 30.2 Å². The van der Waals surface area contributed by atoms with Crippen LogP contribution in [0.3, 0.4) is 0 Å². The van der Waals surface area contributed by atoms with Crippen LogP contribution in [0, 0.1) is 0 Å². The molecule has 0 saturated heterocycles. The van der Waals surface area contributed by atoms with E-state index >= 15 is 0 Å². The lowest BCUT2D eigenvalue weighted by Gasteiger charge is -2.10. The van der Waals surface area contributed by atoms with Gasteiger partial charge in [0.1, 0.15) is 0 Å². The molecule has 0 saturated carbocycles. The Morgan fingerprint density at radius 2 is 1.88 bits per heavy atom. The summed E-state index contributed by atoms with van der Waals surface area (Å²) >= 11 is 0. The predicted molar refractivity (Wildman–Crippen MR) is 95.1 cm³/mol. The molecule has 5 nitrogen and oxygen atoms in total. The Hall–Kier alpha value is -2.95. The molecule has 0 fully saturated rings. The van der Waals surface area contributed by atoms with Gasteiger partial charge in [0.05, 0.1) is 17.2 Å². The first-order chi connectivity index (χ1) is 11.7. The number of carbonyl (C=O) groups is 1. The van der Waals surface area contributed by atoms with Gasteiger partial charge in [-0.15, -0.1) is 0 Å². The number of amides is 1. The standard InChI is InChI=1S/C19H19N3O2/c1-2-14-7-3-5-9-16(14)21-18(23)11-12-22-13-20-17-10-6-4-8-15(17)19(22)24/h3-10,13H,2,11-12H2,1H3,(H,21,23). The molecule has 0 unspecified atom stereocenters. The zero-order valence-corrected chi connectivity index (χ0v) is 13.5. The van der Waals surface area contributed by atoms with Crippen LogP contribution in [-0.2, 0) is 17.8 Å². The lowest BCUT2D eigenvalue weighted by atomic mass is 10.1. The summed E-state index contributed by atoms with van der Waals surface area (Å²) in [5, 5.41) is 3.48. The summed E-state index contributed by atoms with van der Waals surface area (Å²) in [7, 11) is 0. The normalized spacial score (nSPS) is 10.7. The number of fused-ring (bicyclic) bond motifs is 1. The fourth-order valence-corrected chi connectivity index (χ4v) is 2.65. The highest BCUT2D eigenvalue weighted by atomic mass is 16.1. The Labute approximate surface area is 140 Å². The van der Waals surface area contributed by atoms with Crippen LogP contribution in [0.1, 0.15) is 18.9 Å². The second-order valence-corrected chi connectivity index (χ2v) is 5.57. The molecule has 0 atom stereocenters. The van der Waals surface area contributed by atoms with Gasteiger partial charge in [0.15, 0.2) is 0 Å². The second-order valence-electron chi connectivity index (χ2n) is 5.57. The van der Waals surface area contributed by atoms with Gasteiger partial charge >= 0.3 is 0 Å². The molecule has 3 aromatic rings. The Morgan fingerprint density at radius 1 is 1.12 bits per heavy atom. The Bertz CT molecular complexity index is 931. The summed E-state index contributed by atoms with van der Waals surface area (Å²) in [6.07, 6.45) is 2.57. The lowest BCUT2D eigenvalue weighted by molar-refractivity contribution is -0.116. The van der Waals surface area contributed by atoms with E-state index in [-0.39, 0.29) is 17.9 Å². The predicted octanol–water partition coefficient (Wildman–Crippen LogP) is 2.99. The van der Waals surface area contributed by atoms with E-state index in [9.17, 15) is 9.59 Å². The van der Waals surface area contributed by atoms with Crippen LogP contribution < -0.4 is 10.9 Å². The van der Waals surface area contributed by atoms with Gasteiger partial charge in [0.2, 0.25) is 5.91 Å². The molecule has 0 bridgehead atoms. The lowest BCUT2D eigenvalue weighted by Crippen LogP contribution is -2.23. The van der Waals surface area contributed by atoms with Crippen molar-refractivity contribution < 1.29 is 4.79 Å². The fraction of sp³-hybridized carbons (Fsp3) is 0.211. The van der Waals surface area contributed by atoms with Gasteiger partial charge in [-0.25, -0.2) is 4.98 Å². The zero-order chi connectivity index (χ0) is 16.9. The van der Waals surface area contributed by atoms with Crippen LogP contribution >= 0.6 is 0 Å². The number of hydrogen-bond donors (Lipinski definition) is 1. The molecule has 2 aromatic carbocycles. The molecular formula is C19H19N3O2. The molecule has 1 amide bonds. The second kappa shape index (κ2) is 7.08. The molecule has 1 heterocycles. The van der Waals surface area contributed by atoms with E-state index in [1.54, 1.807) is 12.1 Å². The molecule has 1 aromatic heterocycles. The SMILES string of the molecule is CCc1ccccc1NC(=O)CCn1cnc2ccccc2c1=O. The number of nitrogens with zero attached hydrogens (tertiary/aromatic N) is 2. The van der Waals surface area contributed by atoms with Crippen molar-refractivity contribution in [3.05, 3.63) is 70.8 Å². The molecule has 122 valence electrons. The molecule has 0 spiro atoms. The van der Waals surface area contributed by atoms with Gasteiger partial charge in [-0.3, -0.25) is 14.2 Å². The van der Waals surface area contributed by atoms with Crippen LogP contribution in [0.25, 0.3) is 10.9 Å². The van der Waals surface area contributed by atoms with Crippen LogP contribution in [-0.4, -0.2) is 15.5 Å². The van der Waals surface area contributed by atoms with Gasteiger partial charge in [-0.2, -0.15) is 0 Å². The fourth-order valence-electron chi connectivity index (χ4n) is 2.65. The van der Waals surface area contributed by atoms with E-state index in [1.165, 1.54) is 10.9 Å². The average molecular weight is 321 g/mol. The van der Waals surface area contributed by atoms with Gasteiger partial charge in [0.25, 0.3) is 5.56 Å². The zero-order valence-electron chi connectivity index (χ0n) is 13.5. The molecule has 5 heteroatoms. The highest BCUT2D eigenvalue weighted by Gasteiger charge is 2.08. The van der Waals surface area contributed by atoms with Crippen molar-refractivity contribution in [3.8, 4) is 0 Å². The minimum atomic E-state index is -0.123. The first-order valence-electron chi connectivity index (χ1n) is 8.01. The van der Waals surface area contributed by atoms with Gasteiger partial charge < -0.3 is 5.32 Å². The molecule has 0 aliphatic carbocycles. The maximum Gasteiger partial charge on any atom is 0.261 e. The molecule has 24 heavy (non-hydrogen) atoms. The number of rotatable bonds is 5.